The van der Waals surface area contributed by atoms with Crippen molar-refractivity contribution in [2.24, 2.45) is 10.6 Å². The third-order valence-corrected chi connectivity index (χ3v) is 1.83. The van der Waals surface area contributed by atoms with E-state index in [1.54, 1.807) is 0 Å². The Bertz CT molecular complexity index is 229. The first-order valence-electron chi connectivity index (χ1n) is 3.78. The van der Waals surface area contributed by atoms with E-state index < -0.39 is 4.92 Å². The van der Waals surface area contributed by atoms with Crippen LogP contribution in [-0.4, -0.2) is 16.9 Å². The topological polar surface area (TPSA) is 64.7 Å². The third-order valence-electron chi connectivity index (χ3n) is 1.83. The van der Waals surface area contributed by atoms with Gasteiger partial charge in [-0.1, -0.05) is 20.8 Å². The van der Waals surface area contributed by atoms with E-state index in [9.17, 15) is 10.1 Å². The van der Waals surface area contributed by atoms with Gasteiger partial charge < -0.3 is 10.1 Å². The maximum absolute atomic E-state index is 10.3. The molecule has 1 heterocycles. The molecule has 1 aliphatic rings. The van der Waals surface area contributed by atoms with E-state index in [0.717, 1.165) is 0 Å². The molecule has 0 aliphatic carbocycles. The molecule has 1 rings (SSSR count). The molecule has 0 spiro atoms. The molecule has 1 atom stereocenters. The standard InChI is InChI=1S/C7H12N2O3/c1-7(2,3)5-4-6(8-12-5)9(10)11/h5H,4H2,1-3H3. The van der Waals surface area contributed by atoms with Crippen molar-refractivity contribution in [1.29, 1.82) is 0 Å². The first kappa shape index (κ1) is 8.96. The van der Waals surface area contributed by atoms with Crippen LogP contribution in [0.15, 0.2) is 5.16 Å². The van der Waals surface area contributed by atoms with E-state index in [1.165, 1.54) is 0 Å². The van der Waals surface area contributed by atoms with Crippen LogP contribution in [0.3, 0.4) is 0 Å². The van der Waals surface area contributed by atoms with Crippen molar-refractivity contribution in [1.82, 2.24) is 0 Å². The van der Waals surface area contributed by atoms with Crippen LogP contribution < -0.4 is 0 Å². The second kappa shape index (κ2) is 2.73. The fourth-order valence-corrected chi connectivity index (χ4v) is 0.937. The van der Waals surface area contributed by atoms with Crippen LogP contribution in [0.5, 0.6) is 0 Å². The van der Waals surface area contributed by atoms with Crippen molar-refractivity contribution >= 4 is 5.84 Å². The van der Waals surface area contributed by atoms with Gasteiger partial charge in [-0.2, -0.15) is 0 Å². The first-order valence-corrected chi connectivity index (χ1v) is 3.78. The van der Waals surface area contributed by atoms with E-state index >= 15 is 0 Å². The van der Waals surface area contributed by atoms with Crippen LogP contribution in [0.2, 0.25) is 0 Å². The Hall–Kier alpha value is -1.13. The van der Waals surface area contributed by atoms with Crippen LogP contribution in [0.25, 0.3) is 0 Å². The van der Waals surface area contributed by atoms with Crippen LogP contribution in [-0.2, 0) is 4.84 Å². The second-order valence-electron chi connectivity index (χ2n) is 3.93. The SMILES string of the molecule is CC(C)(C)C1CC([N+](=O)[O-])=NO1. The molecule has 68 valence electrons. The van der Waals surface area contributed by atoms with Crippen LogP contribution >= 0.6 is 0 Å². The predicted octanol–water partition coefficient (Wildman–Crippen LogP) is 1.41. The van der Waals surface area contributed by atoms with Gasteiger partial charge in [-0.25, -0.2) is 0 Å². The quantitative estimate of drug-likeness (QED) is 0.410. The molecule has 0 aromatic carbocycles. The molecule has 0 amide bonds. The highest BCUT2D eigenvalue weighted by Crippen LogP contribution is 2.28. The van der Waals surface area contributed by atoms with Gasteiger partial charge in [0.1, 0.15) is 6.42 Å². The summed E-state index contributed by atoms with van der Waals surface area (Å²) in [4.78, 5) is 14.7. The van der Waals surface area contributed by atoms with Crippen LogP contribution in [0.4, 0.5) is 0 Å². The van der Waals surface area contributed by atoms with Gasteiger partial charge in [0.2, 0.25) is 0 Å². The highest BCUT2D eigenvalue weighted by molar-refractivity contribution is 5.75. The van der Waals surface area contributed by atoms with Crippen molar-refractivity contribution in [3.63, 3.8) is 0 Å². The van der Waals surface area contributed by atoms with Crippen LogP contribution in [0, 0.1) is 15.5 Å². The number of nitro groups is 1. The minimum Gasteiger partial charge on any atom is -0.358 e. The van der Waals surface area contributed by atoms with E-state index in [0.29, 0.717) is 6.42 Å². The highest BCUT2D eigenvalue weighted by atomic mass is 16.7. The molecule has 0 N–H and O–H groups in total. The van der Waals surface area contributed by atoms with E-state index in [4.69, 9.17) is 4.84 Å². The average molecular weight is 172 g/mol. The second-order valence-corrected chi connectivity index (χ2v) is 3.93. The zero-order valence-corrected chi connectivity index (χ0v) is 7.40. The molecule has 0 aromatic rings. The van der Waals surface area contributed by atoms with Crippen molar-refractivity contribution in [3.05, 3.63) is 10.1 Å². The smallest absolute Gasteiger partial charge is 0.358 e. The first-order chi connectivity index (χ1) is 5.41. The van der Waals surface area contributed by atoms with E-state index in [2.05, 4.69) is 5.16 Å². The summed E-state index contributed by atoms with van der Waals surface area (Å²) < 4.78 is 0. The molecule has 0 radical (unpaired) electrons. The van der Waals surface area contributed by atoms with Crippen molar-refractivity contribution in [3.8, 4) is 0 Å². The summed E-state index contributed by atoms with van der Waals surface area (Å²) in [6.07, 6.45) is 0.133. The lowest BCUT2D eigenvalue weighted by atomic mass is 9.87. The van der Waals surface area contributed by atoms with Crippen molar-refractivity contribution in [2.75, 3.05) is 0 Å². The summed E-state index contributed by atoms with van der Waals surface area (Å²) in [6.45, 7) is 5.90. The fourth-order valence-electron chi connectivity index (χ4n) is 0.937. The Balaban J connectivity index is 2.59. The summed E-state index contributed by atoms with van der Waals surface area (Å²) in [7, 11) is 0. The Labute approximate surface area is 70.5 Å². The zero-order chi connectivity index (χ0) is 9.35. The van der Waals surface area contributed by atoms with Gasteiger partial charge in [-0.3, -0.25) is 4.84 Å². The number of oxime groups is 1. The Kier molecular flexibility index (Phi) is 2.04. The number of nitrogens with zero attached hydrogens (tertiary/aromatic N) is 2. The van der Waals surface area contributed by atoms with Gasteiger partial charge in [0.25, 0.3) is 0 Å². The average Bonchev–Trinajstić information content (AvgIpc) is 2.30. The third kappa shape index (κ3) is 1.72. The summed E-state index contributed by atoms with van der Waals surface area (Å²) >= 11 is 0. The summed E-state index contributed by atoms with van der Waals surface area (Å²) in [5.74, 6) is -0.0741. The molecule has 1 aliphatic heterocycles. The summed E-state index contributed by atoms with van der Waals surface area (Å²) in [6, 6.07) is 0. The van der Waals surface area contributed by atoms with Gasteiger partial charge in [-0.05, 0) is 4.92 Å². The van der Waals surface area contributed by atoms with Gasteiger partial charge in [0.15, 0.2) is 11.3 Å². The molecule has 12 heavy (non-hydrogen) atoms. The van der Waals surface area contributed by atoms with Gasteiger partial charge >= 0.3 is 5.84 Å². The lowest BCUT2D eigenvalue weighted by Crippen LogP contribution is -2.27. The van der Waals surface area contributed by atoms with Crippen LogP contribution in [0.1, 0.15) is 27.2 Å². The van der Waals surface area contributed by atoms with Gasteiger partial charge in [0, 0.05) is 5.41 Å². The minimum absolute atomic E-state index is 0.0741. The molecule has 5 heteroatoms. The fraction of sp³-hybridized carbons (Fsp3) is 0.857. The van der Waals surface area contributed by atoms with Crippen molar-refractivity contribution in [2.45, 2.75) is 33.3 Å². The minimum atomic E-state index is -0.494. The number of hydrogen-bond acceptors (Lipinski definition) is 4. The predicted molar refractivity (Wildman–Crippen MR) is 43.4 cm³/mol. The molecular weight excluding hydrogens is 160 g/mol. The van der Waals surface area contributed by atoms with Crippen molar-refractivity contribution < 1.29 is 9.76 Å². The maximum atomic E-state index is 10.3. The van der Waals surface area contributed by atoms with E-state index in [1.807, 2.05) is 20.8 Å². The molecule has 5 nitrogen and oxygen atoms in total. The molecule has 1 unspecified atom stereocenters. The lowest BCUT2D eigenvalue weighted by Gasteiger charge is -2.21. The van der Waals surface area contributed by atoms with Gasteiger partial charge in [-0.15, -0.1) is 0 Å². The van der Waals surface area contributed by atoms with E-state index in [-0.39, 0.29) is 17.4 Å². The number of rotatable bonds is 0. The molecule has 0 fully saturated rings. The van der Waals surface area contributed by atoms with Gasteiger partial charge in [0.05, 0.1) is 0 Å². The molecule has 0 saturated heterocycles. The number of amidine groups is 1. The number of hydrogen-bond donors (Lipinski definition) is 0. The molecular formula is C7H12N2O3. The monoisotopic (exact) mass is 172 g/mol. The normalized spacial score (nSPS) is 23.2. The Morgan fingerprint density at radius 2 is 2.25 bits per heavy atom. The summed E-state index contributed by atoms with van der Waals surface area (Å²) in [5.41, 5.74) is -0.0960. The lowest BCUT2D eigenvalue weighted by molar-refractivity contribution is -0.353. The molecule has 0 aromatic heterocycles. The zero-order valence-electron chi connectivity index (χ0n) is 7.40. The highest BCUT2D eigenvalue weighted by Gasteiger charge is 2.39. The largest absolute Gasteiger partial charge is 0.389 e. The maximum Gasteiger partial charge on any atom is 0.389 e. The Morgan fingerprint density at radius 3 is 2.50 bits per heavy atom. The Morgan fingerprint density at radius 1 is 1.67 bits per heavy atom. The molecule has 0 bridgehead atoms. The molecule has 0 saturated carbocycles. The summed E-state index contributed by atoms with van der Waals surface area (Å²) in [5, 5.41) is 13.7.